The van der Waals surface area contributed by atoms with Crippen molar-refractivity contribution in [3.05, 3.63) is 12.7 Å². The maximum atomic E-state index is 13.3. The van der Waals surface area contributed by atoms with Crippen LogP contribution in [0.15, 0.2) is 12.7 Å². The van der Waals surface area contributed by atoms with E-state index in [-0.39, 0.29) is 12.1 Å². The van der Waals surface area contributed by atoms with Gasteiger partial charge >= 0.3 is 5.97 Å². The summed E-state index contributed by atoms with van der Waals surface area (Å²) in [4.78, 5) is 10.9. The predicted molar refractivity (Wildman–Crippen MR) is 67.6 cm³/mol. The van der Waals surface area contributed by atoms with Crippen molar-refractivity contribution in [3.8, 4) is 0 Å². The molecule has 1 atom stereocenters. The SMILES string of the molecule is C=CC(=O)OC(C)CCCCC[Si](C)(C)F. The monoisotopic (exact) mass is 246 g/mol. The summed E-state index contributed by atoms with van der Waals surface area (Å²) >= 11 is 0. The van der Waals surface area contributed by atoms with Gasteiger partial charge in [-0.2, -0.15) is 0 Å². The van der Waals surface area contributed by atoms with Crippen molar-refractivity contribution in [2.24, 2.45) is 0 Å². The highest BCUT2D eigenvalue weighted by molar-refractivity contribution is 6.70. The number of hydrogen-bond donors (Lipinski definition) is 0. The Labute approximate surface area is 99.1 Å². The quantitative estimate of drug-likeness (QED) is 0.214. The molecule has 0 aromatic carbocycles. The third kappa shape index (κ3) is 9.89. The molecule has 0 aliphatic heterocycles. The lowest BCUT2D eigenvalue weighted by Gasteiger charge is -2.12. The average molecular weight is 246 g/mol. The van der Waals surface area contributed by atoms with E-state index in [1.165, 1.54) is 6.08 Å². The minimum atomic E-state index is -2.37. The van der Waals surface area contributed by atoms with Gasteiger partial charge in [0.25, 0.3) is 0 Å². The normalized spacial score (nSPS) is 13.2. The maximum absolute atomic E-state index is 13.3. The molecule has 0 fully saturated rings. The average Bonchev–Trinajstić information content (AvgIpc) is 2.15. The van der Waals surface area contributed by atoms with Crippen LogP contribution in [0.4, 0.5) is 4.11 Å². The highest BCUT2D eigenvalue weighted by Crippen LogP contribution is 2.16. The van der Waals surface area contributed by atoms with Crippen molar-refractivity contribution in [1.82, 2.24) is 0 Å². The molecule has 4 heteroatoms. The summed E-state index contributed by atoms with van der Waals surface area (Å²) in [6, 6.07) is 0.730. The molecule has 94 valence electrons. The molecule has 0 aromatic heterocycles. The van der Waals surface area contributed by atoms with Crippen molar-refractivity contribution in [2.45, 2.75) is 57.8 Å². The van der Waals surface area contributed by atoms with Gasteiger partial charge in [0.05, 0.1) is 6.10 Å². The number of ether oxygens (including phenoxy) is 1. The van der Waals surface area contributed by atoms with E-state index < -0.39 is 8.41 Å². The van der Waals surface area contributed by atoms with Gasteiger partial charge in [0, 0.05) is 6.08 Å². The van der Waals surface area contributed by atoms with Crippen LogP contribution in [0.1, 0.15) is 32.6 Å². The van der Waals surface area contributed by atoms with Gasteiger partial charge in [-0.1, -0.05) is 19.4 Å². The highest BCUT2D eigenvalue weighted by atomic mass is 28.4. The lowest BCUT2D eigenvalue weighted by atomic mass is 10.1. The zero-order valence-electron chi connectivity index (χ0n) is 10.6. The topological polar surface area (TPSA) is 26.3 Å². The molecular formula is C12H23FO2Si. The fourth-order valence-electron chi connectivity index (χ4n) is 1.46. The van der Waals surface area contributed by atoms with Gasteiger partial charge in [0.1, 0.15) is 0 Å². The van der Waals surface area contributed by atoms with Crippen molar-refractivity contribution in [3.63, 3.8) is 0 Å². The first-order chi connectivity index (χ1) is 7.35. The summed E-state index contributed by atoms with van der Waals surface area (Å²) in [7, 11) is -2.37. The largest absolute Gasteiger partial charge is 0.460 e. The van der Waals surface area contributed by atoms with Crippen molar-refractivity contribution < 1.29 is 13.6 Å². The van der Waals surface area contributed by atoms with Crippen molar-refractivity contribution in [1.29, 1.82) is 0 Å². The Balaban J connectivity index is 3.45. The van der Waals surface area contributed by atoms with E-state index in [0.29, 0.717) is 0 Å². The molecule has 0 aliphatic carbocycles. The summed E-state index contributed by atoms with van der Waals surface area (Å²) in [5.74, 6) is -0.371. The van der Waals surface area contributed by atoms with E-state index in [1.807, 2.05) is 6.92 Å². The maximum Gasteiger partial charge on any atom is 0.330 e. The first kappa shape index (κ1) is 15.4. The Kier molecular flexibility index (Phi) is 7.30. The molecule has 0 saturated heterocycles. The van der Waals surface area contributed by atoms with Crippen LogP contribution in [0.3, 0.4) is 0 Å². The molecule has 0 N–H and O–H groups in total. The zero-order chi connectivity index (χ0) is 12.6. The number of unbranched alkanes of at least 4 members (excludes halogenated alkanes) is 2. The Hall–Kier alpha value is -0.643. The van der Waals surface area contributed by atoms with E-state index in [2.05, 4.69) is 6.58 Å². The van der Waals surface area contributed by atoms with Gasteiger partial charge in [0.2, 0.25) is 8.41 Å². The Morgan fingerprint density at radius 3 is 2.56 bits per heavy atom. The van der Waals surface area contributed by atoms with Crippen LogP contribution in [-0.2, 0) is 9.53 Å². The van der Waals surface area contributed by atoms with Crippen LogP contribution < -0.4 is 0 Å². The van der Waals surface area contributed by atoms with Crippen LogP contribution >= 0.6 is 0 Å². The summed E-state index contributed by atoms with van der Waals surface area (Å²) in [5, 5.41) is 0. The van der Waals surface area contributed by atoms with E-state index >= 15 is 0 Å². The molecule has 0 saturated carbocycles. The molecule has 0 radical (unpaired) electrons. The van der Waals surface area contributed by atoms with Crippen molar-refractivity contribution in [2.75, 3.05) is 0 Å². The second kappa shape index (κ2) is 7.60. The number of carbonyl (C=O) groups is 1. The molecule has 0 aromatic rings. The van der Waals surface area contributed by atoms with E-state index in [9.17, 15) is 8.90 Å². The van der Waals surface area contributed by atoms with Crippen molar-refractivity contribution >= 4 is 14.4 Å². The minimum Gasteiger partial charge on any atom is -0.460 e. The smallest absolute Gasteiger partial charge is 0.330 e. The summed E-state index contributed by atoms with van der Waals surface area (Å²) in [5.41, 5.74) is 0. The van der Waals surface area contributed by atoms with Gasteiger partial charge in [-0.15, -0.1) is 0 Å². The zero-order valence-corrected chi connectivity index (χ0v) is 11.6. The lowest BCUT2D eigenvalue weighted by molar-refractivity contribution is -0.142. The summed E-state index contributed by atoms with van der Waals surface area (Å²) in [6.45, 7) is 8.68. The van der Waals surface area contributed by atoms with Crippen LogP contribution in [0.25, 0.3) is 0 Å². The molecule has 1 unspecified atom stereocenters. The molecule has 16 heavy (non-hydrogen) atoms. The van der Waals surface area contributed by atoms with Crippen LogP contribution in [0.2, 0.25) is 19.1 Å². The van der Waals surface area contributed by atoms with E-state index in [4.69, 9.17) is 4.74 Å². The molecule has 0 amide bonds. The second-order valence-electron chi connectivity index (χ2n) is 4.77. The third-order valence-corrected chi connectivity index (χ3v) is 3.91. The Bertz CT molecular complexity index is 224. The van der Waals surface area contributed by atoms with Gasteiger partial charge in [-0.25, -0.2) is 4.79 Å². The number of hydrogen-bond acceptors (Lipinski definition) is 2. The van der Waals surface area contributed by atoms with Crippen LogP contribution in [0.5, 0.6) is 0 Å². The lowest BCUT2D eigenvalue weighted by Crippen LogP contribution is -2.17. The molecule has 0 aliphatic rings. The molecule has 2 nitrogen and oxygen atoms in total. The van der Waals surface area contributed by atoms with Gasteiger partial charge < -0.3 is 8.84 Å². The summed E-state index contributed by atoms with van der Waals surface area (Å²) in [6.07, 6.45) is 4.88. The first-order valence-corrected chi connectivity index (χ1v) is 8.95. The summed E-state index contributed by atoms with van der Waals surface area (Å²) < 4.78 is 18.3. The molecular weight excluding hydrogens is 223 g/mol. The first-order valence-electron chi connectivity index (χ1n) is 5.87. The standard InChI is InChI=1S/C12H23FO2Si/c1-5-12(14)15-11(2)9-7-6-8-10-16(3,4)13/h5,11H,1,6-10H2,2-4H3. The number of esters is 1. The van der Waals surface area contributed by atoms with E-state index in [0.717, 1.165) is 31.7 Å². The minimum absolute atomic E-state index is 0.0684. The van der Waals surface area contributed by atoms with Gasteiger partial charge in [-0.05, 0) is 38.9 Å². The predicted octanol–water partition coefficient (Wildman–Crippen LogP) is 3.84. The molecule has 0 spiro atoms. The number of halogens is 1. The second-order valence-corrected chi connectivity index (χ2v) is 8.71. The molecule has 0 heterocycles. The van der Waals surface area contributed by atoms with Crippen LogP contribution in [-0.4, -0.2) is 20.5 Å². The van der Waals surface area contributed by atoms with E-state index in [1.54, 1.807) is 13.1 Å². The molecule has 0 rings (SSSR count). The van der Waals surface area contributed by atoms with Gasteiger partial charge in [-0.3, -0.25) is 0 Å². The third-order valence-electron chi connectivity index (χ3n) is 2.37. The number of carbonyl (C=O) groups excluding carboxylic acids is 1. The highest BCUT2D eigenvalue weighted by Gasteiger charge is 2.18. The number of rotatable bonds is 8. The molecule has 0 bridgehead atoms. The van der Waals surface area contributed by atoms with Crippen LogP contribution in [0, 0.1) is 0 Å². The van der Waals surface area contributed by atoms with Gasteiger partial charge in [0.15, 0.2) is 0 Å². The fraction of sp³-hybridized carbons (Fsp3) is 0.750. The fourth-order valence-corrected chi connectivity index (χ4v) is 2.55. The Morgan fingerprint density at radius 2 is 2.06 bits per heavy atom. The Morgan fingerprint density at radius 1 is 1.44 bits per heavy atom.